The highest BCUT2D eigenvalue weighted by atomic mass is 32.1. The molecule has 1 N–H and O–H groups in total. The number of aryl methyl sites for hydroxylation is 1. The molecule has 150 valence electrons. The number of morpholine rings is 1. The summed E-state index contributed by atoms with van der Waals surface area (Å²) >= 11 is 1.64. The molecule has 1 saturated heterocycles. The molecule has 1 fully saturated rings. The molecule has 1 aliphatic heterocycles. The number of carbonyl (C=O) groups is 1. The zero-order valence-electron chi connectivity index (χ0n) is 16.6. The van der Waals surface area contributed by atoms with Crippen LogP contribution in [0.5, 0.6) is 0 Å². The average molecular weight is 408 g/mol. The van der Waals surface area contributed by atoms with Gasteiger partial charge in [0.1, 0.15) is 0 Å². The fourth-order valence-corrected chi connectivity index (χ4v) is 4.33. The molecule has 0 atom stereocenters. The summed E-state index contributed by atoms with van der Waals surface area (Å²) in [7, 11) is 0. The number of hydrogen-bond donors (Lipinski definition) is 1. The van der Waals surface area contributed by atoms with Crippen molar-refractivity contribution in [2.24, 2.45) is 0 Å². The number of rotatable bonds is 6. The number of amides is 1. The van der Waals surface area contributed by atoms with Crippen LogP contribution >= 0.6 is 11.3 Å². The third-order valence-corrected chi connectivity index (χ3v) is 6.00. The molecule has 0 aliphatic carbocycles. The van der Waals surface area contributed by atoms with E-state index >= 15 is 0 Å². The molecule has 1 aliphatic rings. The summed E-state index contributed by atoms with van der Waals surface area (Å²) in [4.78, 5) is 21.2. The van der Waals surface area contributed by atoms with Gasteiger partial charge in [0, 0.05) is 42.2 Å². The van der Waals surface area contributed by atoms with Crippen molar-refractivity contribution in [3.05, 3.63) is 65.2 Å². The molecule has 1 amide bonds. The highest BCUT2D eigenvalue weighted by Gasteiger charge is 2.20. The summed E-state index contributed by atoms with van der Waals surface area (Å²) in [6, 6.07) is 16.2. The maximum Gasteiger partial charge on any atom is 0.253 e. The fourth-order valence-electron chi connectivity index (χ4n) is 3.58. The Bertz CT molecular complexity index is 952. The second kappa shape index (κ2) is 9.31. The molecule has 3 heterocycles. The number of nitrogens with zero attached hydrogens (tertiary/aromatic N) is 2. The Labute approximate surface area is 175 Å². The van der Waals surface area contributed by atoms with Crippen LogP contribution < -0.4 is 5.32 Å². The van der Waals surface area contributed by atoms with Crippen molar-refractivity contribution in [1.82, 2.24) is 15.2 Å². The number of ether oxygens (including phenoxy) is 1. The van der Waals surface area contributed by atoms with Gasteiger partial charge in [0.2, 0.25) is 0 Å². The largest absolute Gasteiger partial charge is 0.379 e. The lowest BCUT2D eigenvalue weighted by atomic mass is 10.0. The molecule has 0 bridgehead atoms. The first kappa shape index (κ1) is 19.8. The topological polar surface area (TPSA) is 54.5 Å². The maximum absolute atomic E-state index is 13.1. The molecule has 0 unspecified atom stereocenters. The second-order valence-electron chi connectivity index (χ2n) is 7.07. The van der Waals surface area contributed by atoms with Crippen LogP contribution in [0, 0.1) is 6.92 Å². The Hall–Kier alpha value is -2.54. The number of aromatic nitrogens is 1. The molecular formula is C23H25N3O2S. The van der Waals surface area contributed by atoms with Crippen LogP contribution in [0.25, 0.3) is 21.7 Å². The minimum absolute atomic E-state index is 0.0636. The van der Waals surface area contributed by atoms with Crippen molar-refractivity contribution in [2.45, 2.75) is 6.92 Å². The summed E-state index contributed by atoms with van der Waals surface area (Å²) in [6.45, 7) is 6.73. The zero-order chi connectivity index (χ0) is 20.1. The summed E-state index contributed by atoms with van der Waals surface area (Å²) in [5.74, 6) is -0.0636. The van der Waals surface area contributed by atoms with E-state index in [0.29, 0.717) is 12.1 Å². The number of carbonyl (C=O) groups excluding carboxylic acids is 1. The summed E-state index contributed by atoms with van der Waals surface area (Å²) in [6.07, 6.45) is 0. The van der Waals surface area contributed by atoms with Crippen LogP contribution in [0.15, 0.2) is 53.9 Å². The van der Waals surface area contributed by atoms with Crippen molar-refractivity contribution in [3.63, 3.8) is 0 Å². The van der Waals surface area contributed by atoms with E-state index in [1.807, 2.05) is 54.8 Å². The molecule has 4 rings (SSSR count). The smallest absolute Gasteiger partial charge is 0.253 e. The highest BCUT2D eigenvalue weighted by Crippen LogP contribution is 2.33. The van der Waals surface area contributed by atoms with Crippen LogP contribution in [0.4, 0.5) is 0 Å². The molecule has 1 aromatic carbocycles. The quantitative estimate of drug-likeness (QED) is 0.674. The number of pyridine rings is 1. The highest BCUT2D eigenvalue weighted by molar-refractivity contribution is 7.13. The van der Waals surface area contributed by atoms with Crippen molar-refractivity contribution >= 4 is 17.2 Å². The first-order valence-electron chi connectivity index (χ1n) is 9.91. The molecule has 5 nitrogen and oxygen atoms in total. The minimum atomic E-state index is -0.0636. The zero-order valence-corrected chi connectivity index (χ0v) is 17.4. The number of benzene rings is 1. The van der Waals surface area contributed by atoms with Gasteiger partial charge in [0.15, 0.2) is 0 Å². The lowest BCUT2D eigenvalue weighted by molar-refractivity contribution is 0.0383. The van der Waals surface area contributed by atoms with E-state index in [1.165, 1.54) is 0 Å². The fraction of sp³-hybridized carbons (Fsp3) is 0.304. The van der Waals surface area contributed by atoms with Gasteiger partial charge >= 0.3 is 0 Å². The first-order valence-corrected chi connectivity index (χ1v) is 10.8. The van der Waals surface area contributed by atoms with Crippen molar-refractivity contribution < 1.29 is 9.53 Å². The molecule has 3 aromatic rings. The van der Waals surface area contributed by atoms with Gasteiger partial charge in [-0.15, -0.1) is 11.3 Å². The second-order valence-corrected chi connectivity index (χ2v) is 8.02. The van der Waals surface area contributed by atoms with Gasteiger partial charge in [-0.3, -0.25) is 14.7 Å². The SMILES string of the molecule is Cc1nc(-c2ccccc2)cc(-c2cccs2)c1C(=O)NCCN1CCOCC1. The molecule has 6 heteroatoms. The first-order chi connectivity index (χ1) is 14.2. The molecule has 0 spiro atoms. The van der Waals surface area contributed by atoms with Gasteiger partial charge in [-0.2, -0.15) is 0 Å². The van der Waals surface area contributed by atoms with Crippen LogP contribution in [0.3, 0.4) is 0 Å². The molecule has 29 heavy (non-hydrogen) atoms. The lowest BCUT2D eigenvalue weighted by Crippen LogP contribution is -2.41. The Morgan fingerprint density at radius 2 is 1.97 bits per heavy atom. The Kier molecular flexibility index (Phi) is 6.34. The van der Waals surface area contributed by atoms with E-state index in [0.717, 1.165) is 60.2 Å². The summed E-state index contributed by atoms with van der Waals surface area (Å²) in [5, 5.41) is 5.13. The third kappa shape index (κ3) is 4.72. The third-order valence-electron chi connectivity index (χ3n) is 5.10. The Morgan fingerprint density at radius 1 is 1.17 bits per heavy atom. The van der Waals surface area contributed by atoms with E-state index in [1.54, 1.807) is 11.3 Å². The van der Waals surface area contributed by atoms with Crippen LogP contribution in [0.2, 0.25) is 0 Å². The normalized spacial score (nSPS) is 14.7. The van der Waals surface area contributed by atoms with Gasteiger partial charge in [-0.1, -0.05) is 36.4 Å². The average Bonchev–Trinajstić information content (AvgIpc) is 3.29. The van der Waals surface area contributed by atoms with E-state index in [2.05, 4.69) is 16.3 Å². The summed E-state index contributed by atoms with van der Waals surface area (Å²) in [5.41, 5.74) is 4.28. The van der Waals surface area contributed by atoms with Gasteiger partial charge < -0.3 is 10.1 Å². The van der Waals surface area contributed by atoms with E-state index < -0.39 is 0 Å². The van der Waals surface area contributed by atoms with Crippen LogP contribution in [-0.4, -0.2) is 55.2 Å². The van der Waals surface area contributed by atoms with Crippen LogP contribution in [0.1, 0.15) is 16.1 Å². The minimum Gasteiger partial charge on any atom is -0.379 e. The Morgan fingerprint density at radius 3 is 2.69 bits per heavy atom. The van der Waals surface area contributed by atoms with Gasteiger partial charge in [-0.05, 0) is 24.4 Å². The Balaban J connectivity index is 1.59. The maximum atomic E-state index is 13.1. The van der Waals surface area contributed by atoms with Crippen molar-refractivity contribution in [1.29, 1.82) is 0 Å². The lowest BCUT2D eigenvalue weighted by Gasteiger charge is -2.26. The summed E-state index contributed by atoms with van der Waals surface area (Å²) < 4.78 is 5.38. The molecule has 0 radical (unpaired) electrons. The molecular weight excluding hydrogens is 382 g/mol. The van der Waals surface area contributed by atoms with E-state index in [9.17, 15) is 4.79 Å². The van der Waals surface area contributed by atoms with Gasteiger partial charge in [-0.25, -0.2) is 0 Å². The monoisotopic (exact) mass is 407 g/mol. The number of thiophene rings is 1. The van der Waals surface area contributed by atoms with Crippen LogP contribution in [-0.2, 0) is 4.74 Å². The number of hydrogen-bond acceptors (Lipinski definition) is 5. The van der Waals surface area contributed by atoms with E-state index in [4.69, 9.17) is 9.72 Å². The number of nitrogens with one attached hydrogen (secondary N) is 1. The van der Waals surface area contributed by atoms with Crippen molar-refractivity contribution in [2.75, 3.05) is 39.4 Å². The van der Waals surface area contributed by atoms with Gasteiger partial charge in [0.05, 0.1) is 30.2 Å². The van der Waals surface area contributed by atoms with Gasteiger partial charge in [0.25, 0.3) is 5.91 Å². The van der Waals surface area contributed by atoms with E-state index in [-0.39, 0.29) is 5.91 Å². The predicted molar refractivity (Wildman–Crippen MR) is 117 cm³/mol. The predicted octanol–water partition coefficient (Wildman–Crippen LogP) is 3.85. The molecule has 2 aromatic heterocycles. The standard InChI is InChI=1S/C23H25N3O2S/c1-17-22(23(27)24-9-10-26-11-13-28-14-12-26)19(21-8-5-15-29-21)16-20(25-17)18-6-3-2-4-7-18/h2-8,15-16H,9-14H2,1H3,(H,24,27). The van der Waals surface area contributed by atoms with Crippen molar-refractivity contribution in [3.8, 4) is 21.7 Å². The molecule has 0 saturated carbocycles.